The van der Waals surface area contributed by atoms with Crippen molar-refractivity contribution in [3.8, 4) is 0 Å². The van der Waals surface area contributed by atoms with Crippen LogP contribution in [0.4, 0.5) is 0 Å². The zero-order chi connectivity index (χ0) is 14.1. The molecule has 1 rings (SSSR count). The highest BCUT2D eigenvalue weighted by Crippen LogP contribution is 2.21. The van der Waals surface area contributed by atoms with Gasteiger partial charge in [-0.25, -0.2) is 0 Å². The summed E-state index contributed by atoms with van der Waals surface area (Å²) in [4.78, 5) is 2.45. The fourth-order valence-electron chi connectivity index (χ4n) is 2.93. The van der Waals surface area contributed by atoms with E-state index in [1.807, 2.05) is 0 Å². The lowest BCUT2D eigenvalue weighted by molar-refractivity contribution is -0.0489. The van der Waals surface area contributed by atoms with Crippen LogP contribution in [0.2, 0.25) is 0 Å². The molecule has 0 radical (unpaired) electrons. The summed E-state index contributed by atoms with van der Waals surface area (Å²) in [6, 6.07) is 0.288. The quantitative estimate of drug-likeness (QED) is 0.498. The second-order valence-electron chi connectivity index (χ2n) is 5.73. The first-order valence-electron chi connectivity index (χ1n) is 8.05. The van der Waals surface area contributed by atoms with Crippen LogP contribution in [0.15, 0.2) is 0 Å². The minimum atomic E-state index is 0.245. The Morgan fingerprint density at radius 1 is 1.37 bits per heavy atom. The Bertz CT molecular complexity index is 225. The molecule has 1 aliphatic heterocycles. The molecule has 0 aliphatic carbocycles. The summed E-state index contributed by atoms with van der Waals surface area (Å²) in [6.45, 7) is 10.8. The van der Waals surface area contributed by atoms with E-state index < -0.39 is 0 Å². The van der Waals surface area contributed by atoms with Crippen molar-refractivity contribution in [2.75, 3.05) is 26.2 Å². The topological polar surface area (TPSA) is 50.5 Å². The predicted molar refractivity (Wildman–Crippen MR) is 80.9 cm³/mol. The number of hydrogen-bond donors (Lipinski definition) is 2. The Kier molecular flexibility index (Phi) is 8.62. The van der Waals surface area contributed by atoms with E-state index >= 15 is 0 Å². The zero-order valence-corrected chi connectivity index (χ0v) is 13.0. The van der Waals surface area contributed by atoms with Crippen LogP contribution in [0.1, 0.15) is 52.9 Å². The maximum Gasteiger partial charge on any atom is 0.0868 e. The minimum Gasteiger partial charge on any atom is -0.374 e. The average molecular weight is 271 g/mol. The van der Waals surface area contributed by atoms with E-state index in [2.05, 4.69) is 31.1 Å². The lowest BCUT2D eigenvalue weighted by Crippen LogP contribution is -2.54. The molecule has 4 nitrogen and oxygen atoms in total. The summed E-state index contributed by atoms with van der Waals surface area (Å²) in [7, 11) is 0. The van der Waals surface area contributed by atoms with E-state index in [4.69, 9.17) is 10.6 Å². The van der Waals surface area contributed by atoms with Gasteiger partial charge in [0.15, 0.2) is 0 Å². The Labute approximate surface area is 119 Å². The molecular formula is C15H33N3O. The van der Waals surface area contributed by atoms with Gasteiger partial charge in [0.05, 0.1) is 12.7 Å². The van der Waals surface area contributed by atoms with Crippen molar-refractivity contribution >= 4 is 0 Å². The van der Waals surface area contributed by atoms with E-state index in [1.54, 1.807) is 0 Å². The maximum atomic E-state index is 5.93. The smallest absolute Gasteiger partial charge is 0.0868 e. The Morgan fingerprint density at radius 2 is 2.16 bits per heavy atom. The van der Waals surface area contributed by atoms with Crippen LogP contribution in [0, 0.1) is 5.92 Å². The number of hydrazine groups is 1. The number of nitrogens with one attached hydrogen (secondary N) is 1. The van der Waals surface area contributed by atoms with Gasteiger partial charge in [0.1, 0.15) is 0 Å². The van der Waals surface area contributed by atoms with Crippen molar-refractivity contribution in [1.82, 2.24) is 10.3 Å². The molecule has 0 amide bonds. The van der Waals surface area contributed by atoms with Gasteiger partial charge in [-0.05, 0) is 18.9 Å². The molecule has 0 saturated carbocycles. The number of nitrogens with two attached hydrogens (primary N) is 1. The van der Waals surface area contributed by atoms with Crippen LogP contribution in [0.5, 0.6) is 0 Å². The number of rotatable bonds is 9. The Morgan fingerprint density at radius 3 is 2.74 bits per heavy atom. The second-order valence-corrected chi connectivity index (χ2v) is 5.73. The summed E-state index contributed by atoms with van der Waals surface area (Å²) in [5.41, 5.74) is 3.01. The molecule has 114 valence electrons. The summed E-state index contributed by atoms with van der Waals surface area (Å²) >= 11 is 0. The Hall–Kier alpha value is -0.160. The predicted octanol–water partition coefficient (Wildman–Crippen LogP) is 2.15. The fraction of sp³-hybridized carbons (Fsp3) is 1.00. The third-order valence-electron chi connectivity index (χ3n) is 4.42. The second kappa shape index (κ2) is 9.70. The van der Waals surface area contributed by atoms with Gasteiger partial charge in [-0.2, -0.15) is 0 Å². The molecule has 1 aliphatic rings. The van der Waals surface area contributed by atoms with Crippen LogP contribution in [-0.2, 0) is 4.74 Å². The van der Waals surface area contributed by atoms with Crippen LogP contribution < -0.4 is 11.3 Å². The van der Waals surface area contributed by atoms with E-state index in [-0.39, 0.29) is 12.1 Å². The van der Waals surface area contributed by atoms with Gasteiger partial charge >= 0.3 is 0 Å². The van der Waals surface area contributed by atoms with Gasteiger partial charge in [0.25, 0.3) is 0 Å². The summed E-state index contributed by atoms with van der Waals surface area (Å²) in [5.74, 6) is 6.54. The number of morpholine rings is 1. The summed E-state index contributed by atoms with van der Waals surface area (Å²) < 4.78 is 5.93. The van der Waals surface area contributed by atoms with Crippen LogP contribution >= 0.6 is 0 Å². The third-order valence-corrected chi connectivity index (χ3v) is 4.42. The van der Waals surface area contributed by atoms with Gasteiger partial charge in [-0.3, -0.25) is 16.2 Å². The standard InChI is InChI=1S/C15H33N3O/c1-4-7-8-13(5-2)11-14(17-16)15-12-18(6-3)9-10-19-15/h13-15,17H,4-12,16H2,1-3H3. The molecule has 0 aromatic carbocycles. The molecule has 1 heterocycles. The molecule has 1 fully saturated rings. The first kappa shape index (κ1) is 16.9. The average Bonchev–Trinajstić information content (AvgIpc) is 2.47. The summed E-state index contributed by atoms with van der Waals surface area (Å²) in [6.07, 6.45) is 6.53. The van der Waals surface area contributed by atoms with Crippen molar-refractivity contribution in [3.63, 3.8) is 0 Å². The van der Waals surface area contributed by atoms with Gasteiger partial charge < -0.3 is 4.74 Å². The normalized spacial score (nSPS) is 24.3. The van der Waals surface area contributed by atoms with Gasteiger partial charge in [0.2, 0.25) is 0 Å². The molecular weight excluding hydrogens is 238 g/mol. The van der Waals surface area contributed by atoms with E-state index in [1.165, 1.54) is 25.7 Å². The highest BCUT2D eigenvalue weighted by molar-refractivity contribution is 4.83. The number of unbranched alkanes of at least 4 members (excludes halogenated alkanes) is 1. The molecule has 0 aromatic rings. The molecule has 3 unspecified atom stereocenters. The molecule has 19 heavy (non-hydrogen) atoms. The fourth-order valence-corrected chi connectivity index (χ4v) is 2.93. The lowest BCUT2D eigenvalue weighted by Gasteiger charge is -2.37. The third kappa shape index (κ3) is 5.78. The molecule has 1 saturated heterocycles. The molecule has 3 atom stereocenters. The minimum absolute atomic E-state index is 0.245. The molecule has 3 N–H and O–H groups in total. The van der Waals surface area contributed by atoms with Crippen molar-refractivity contribution in [2.45, 2.75) is 65.0 Å². The highest BCUT2D eigenvalue weighted by Gasteiger charge is 2.28. The molecule has 0 aromatic heterocycles. The van der Waals surface area contributed by atoms with Crippen LogP contribution in [0.3, 0.4) is 0 Å². The van der Waals surface area contributed by atoms with E-state index in [9.17, 15) is 0 Å². The van der Waals surface area contributed by atoms with Gasteiger partial charge in [-0.1, -0.05) is 46.5 Å². The molecule has 4 heteroatoms. The number of likely N-dealkylation sites (N-methyl/N-ethyl adjacent to an activating group) is 1. The van der Waals surface area contributed by atoms with Gasteiger partial charge in [-0.15, -0.1) is 0 Å². The van der Waals surface area contributed by atoms with Gasteiger partial charge in [0, 0.05) is 19.1 Å². The van der Waals surface area contributed by atoms with Crippen molar-refractivity contribution in [1.29, 1.82) is 0 Å². The lowest BCUT2D eigenvalue weighted by atomic mass is 9.90. The molecule has 0 bridgehead atoms. The van der Waals surface area contributed by atoms with Crippen molar-refractivity contribution < 1.29 is 4.74 Å². The monoisotopic (exact) mass is 271 g/mol. The zero-order valence-electron chi connectivity index (χ0n) is 13.0. The van der Waals surface area contributed by atoms with Crippen LogP contribution in [-0.4, -0.2) is 43.3 Å². The number of hydrogen-bond acceptors (Lipinski definition) is 4. The van der Waals surface area contributed by atoms with Crippen molar-refractivity contribution in [2.24, 2.45) is 11.8 Å². The SMILES string of the molecule is CCCCC(CC)CC(NN)C1CN(CC)CCO1. The maximum absolute atomic E-state index is 5.93. The largest absolute Gasteiger partial charge is 0.374 e. The van der Waals surface area contributed by atoms with E-state index in [0.29, 0.717) is 0 Å². The summed E-state index contributed by atoms with van der Waals surface area (Å²) in [5, 5.41) is 0. The van der Waals surface area contributed by atoms with Crippen molar-refractivity contribution in [3.05, 3.63) is 0 Å². The van der Waals surface area contributed by atoms with Crippen LogP contribution in [0.25, 0.3) is 0 Å². The molecule has 0 spiro atoms. The highest BCUT2D eigenvalue weighted by atomic mass is 16.5. The first-order valence-corrected chi connectivity index (χ1v) is 8.05. The van der Waals surface area contributed by atoms with E-state index in [0.717, 1.165) is 38.6 Å². The number of nitrogens with zero attached hydrogens (tertiary/aromatic N) is 1. The Balaban J connectivity index is 2.46. The first-order chi connectivity index (χ1) is 9.24. The number of ether oxygens (including phenoxy) is 1.